The number of methoxy groups -OCH3 is 1. The van der Waals surface area contributed by atoms with Gasteiger partial charge in [0.25, 0.3) is 0 Å². The first-order valence-corrected chi connectivity index (χ1v) is 5.09. The Morgan fingerprint density at radius 2 is 2.00 bits per heavy atom. The van der Waals surface area contributed by atoms with Gasteiger partial charge in [-0.05, 0) is 0 Å². The molecule has 0 saturated carbocycles. The van der Waals surface area contributed by atoms with Crippen molar-refractivity contribution in [1.82, 2.24) is 4.90 Å². The maximum atomic E-state index is 11.6. The monoisotopic (exact) mass is 259 g/mol. The average Bonchev–Trinajstić information content (AvgIpc) is 2.36. The Hall–Kier alpha value is -1.01. The van der Waals surface area contributed by atoms with Crippen LogP contribution in [0.5, 0.6) is 0 Å². The molecule has 0 amide bonds. The molecular weight excluding hydrogens is 245 g/mol. The molecule has 0 spiro atoms. The molecule has 0 bridgehead atoms. The maximum absolute atomic E-state index is 11.6. The summed E-state index contributed by atoms with van der Waals surface area (Å²) in [5.74, 6) is -0.862. The van der Waals surface area contributed by atoms with E-state index in [0.29, 0.717) is 11.1 Å². The number of rotatable bonds is 1. The summed E-state index contributed by atoms with van der Waals surface area (Å²) in [5, 5.41) is 20.1. The minimum atomic E-state index is -0.976. The van der Waals surface area contributed by atoms with E-state index in [1.807, 2.05) is 0 Å². The first kappa shape index (κ1) is 15.0. The zero-order valence-corrected chi connectivity index (χ0v) is 9.54. The molecule has 92 valence electrons. The van der Waals surface area contributed by atoms with Crippen molar-refractivity contribution in [1.29, 1.82) is 0 Å². The number of hydrogen-bond donors (Lipinski definition) is 2. The second-order valence-corrected chi connectivity index (χ2v) is 3.76. The molecule has 0 saturated heterocycles. The zero-order chi connectivity index (χ0) is 12.6. The first-order valence-electron chi connectivity index (χ1n) is 5.09. The van der Waals surface area contributed by atoms with E-state index >= 15 is 0 Å². The van der Waals surface area contributed by atoms with Crippen LogP contribution in [0.3, 0.4) is 0 Å². The number of esters is 1. The van der Waals surface area contributed by atoms with Crippen molar-refractivity contribution in [2.75, 3.05) is 14.2 Å². The summed E-state index contributed by atoms with van der Waals surface area (Å²) in [5.41, 5.74) is 0.956. The topological polar surface area (TPSA) is 70.0 Å². The van der Waals surface area contributed by atoms with Crippen LogP contribution in [0.1, 0.15) is 17.4 Å². The second kappa shape index (κ2) is 5.75. The van der Waals surface area contributed by atoms with E-state index in [9.17, 15) is 15.0 Å². The third-order valence-electron chi connectivity index (χ3n) is 2.82. The third kappa shape index (κ3) is 2.27. The summed E-state index contributed by atoms with van der Waals surface area (Å²) >= 11 is 0. The molecule has 1 aliphatic rings. The van der Waals surface area contributed by atoms with E-state index in [0.717, 1.165) is 0 Å². The van der Waals surface area contributed by atoms with Crippen molar-refractivity contribution < 1.29 is 19.7 Å². The van der Waals surface area contributed by atoms with Gasteiger partial charge in [0.05, 0.1) is 7.11 Å². The Morgan fingerprint density at radius 3 is 2.61 bits per heavy atom. The Labute approximate surface area is 127 Å². The Balaban J connectivity index is 0.00000162. The van der Waals surface area contributed by atoms with Crippen LogP contribution in [-0.4, -0.2) is 64.8 Å². The van der Waals surface area contributed by atoms with Crippen LogP contribution < -0.4 is 0 Å². The summed E-state index contributed by atoms with van der Waals surface area (Å²) in [4.78, 5) is 12.8. The van der Waals surface area contributed by atoms with Crippen LogP contribution in [0, 0.1) is 0 Å². The number of aliphatic hydroxyl groups is 2. The number of benzene rings is 1. The van der Waals surface area contributed by atoms with E-state index < -0.39 is 12.2 Å². The molecule has 2 rings (SSSR count). The van der Waals surface area contributed by atoms with Gasteiger partial charge in [0.15, 0.2) is 17.7 Å². The van der Waals surface area contributed by atoms with Crippen LogP contribution in [0.15, 0.2) is 30.0 Å². The summed E-state index contributed by atoms with van der Waals surface area (Å²) in [6, 6.07) is 6.82. The molecule has 18 heavy (non-hydrogen) atoms. The van der Waals surface area contributed by atoms with Crippen LogP contribution >= 0.6 is 0 Å². The van der Waals surface area contributed by atoms with Gasteiger partial charge in [-0.25, -0.2) is 4.79 Å². The van der Waals surface area contributed by atoms with Crippen molar-refractivity contribution in [3.63, 3.8) is 0 Å². The van der Waals surface area contributed by atoms with Gasteiger partial charge in [-0.2, -0.15) is 0 Å². The van der Waals surface area contributed by atoms with Crippen LogP contribution in [0.2, 0.25) is 0 Å². The van der Waals surface area contributed by atoms with E-state index in [4.69, 9.17) is 0 Å². The molecule has 5 nitrogen and oxygen atoms in total. The van der Waals surface area contributed by atoms with E-state index in [1.165, 1.54) is 19.1 Å². The number of carbonyl (C=O) groups excluding carboxylic acids is 1. The number of hydrogen-bond acceptors (Lipinski definition) is 5. The standard InChI is InChI=1S/C12H13NO4.Na.H/c1-13-9(12(16)17-2)10(14)7-5-3-4-6-8(7)11(13)15;;/h3-6,11,14-15H,1-2H3;;. The predicted molar refractivity (Wildman–Crippen MR) is 67.9 cm³/mol. The fourth-order valence-electron chi connectivity index (χ4n) is 1.90. The van der Waals surface area contributed by atoms with Crippen LogP contribution in [0.25, 0.3) is 5.76 Å². The van der Waals surface area contributed by atoms with E-state index in [2.05, 4.69) is 4.74 Å². The van der Waals surface area contributed by atoms with Crippen molar-refractivity contribution in [3.8, 4) is 0 Å². The summed E-state index contributed by atoms with van der Waals surface area (Å²) in [7, 11) is 2.74. The van der Waals surface area contributed by atoms with Crippen molar-refractivity contribution in [2.45, 2.75) is 6.23 Å². The number of nitrogens with zero attached hydrogens (tertiary/aromatic N) is 1. The second-order valence-electron chi connectivity index (χ2n) is 3.76. The van der Waals surface area contributed by atoms with Gasteiger partial charge in [-0.1, -0.05) is 24.3 Å². The molecule has 1 atom stereocenters. The van der Waals surface area contributed by atoms with Gasteiger partial charge in [-0.3, -0.25) is 0 Å². The molecule has 6 heteroatoms. The van der Waals surface area contributed by atoms with Crippen molar-refractivity contribution in [3.05, 3.63) is 41.1 Å². The van der Waals surface area contributed by atoms with Gasteiger partial charge < -0.3 is 19.8 Å². The first-order chi connectivity index (χ1) is 8.07. The van der Waals surface area contributed by atoms with Gasteiger partial charge >= 0.3 is 35.5 Å². The fraction of sp³-hybridized carbons (Fsp3) is 0.250. The van der Waals surface area contributed by atoms with Gasteiger partial charge in [0, 0.05) is 18.2 Å². The molecule has 0 fully saturated rings. The average molecular weight is 259 g/mol. The minimum absolute atomic E-state index is 0. The van der Waals surface area contributed by atoms with Crippen LogP contribution in [0.4, 0.5) is 0 Å². The Morgan fingerprint density at radius 1 is 1.39 bits per heavy atom. The quantitative estimate of drug-likeness (QED) is 0.563. The molecule has 2 N–H and O–H groups in total. The Kier molecular flexibility index (Phi) is 4.81. The summed E-state index contributed by atoms with van der Waals surface area (Å²) in [6.45, 7) is 0. The molecule has 1 aliphatic heterocycles. The number of carbonyl (C=O) groups is 1. The molecule has 1 aromatic carbocycles. The molecular formula is C12H14NNaO4. The number of fused-ring (bicyclic) bond motifs is 1. The van der Waals surface area contributed by atoms with Gasteiger partial charge in [0.1, 0.15) is 0 Å². The van der Waals surface area contributed by atoms with Crippen molar-refractivity contribution in [2.24, 2.45) is 0 Å². The summed E-state index contributed by atoms with van der Waals surface area (Å²) in [6.07, 6.45) is -0.976. The predicted octanol–water partition coefficient (Wildman–Crippen LogP) is 0.374. The summed E-state index contributed by atoms with van der Waals surface area (Å²) < 4.78 is 4.58. The third-order valence-corrected chi connectivity index (χ3v) is 2.82. The van der Waals surface area contributed by atoms with Crippen molar-refractivity contribution >= 4 is 41.3 Å². The molecule has 1 heterocycles. The number of aliphatic hydroxyl groups excluding tert-OH is 2. The van der Waals surface area contributed by atoms with Crippen LogP contribution in [-0.2, 0) is 9.53 Å². The zero-order valence-electron chi connectivity index (χ0n) is 9.54. The van der Waals surface area contributed by atoms with E-state index in [1.54, 1.807) is 24.3 Å². The molecule has 1 unspecified atom stereocenters. The Bertz CT molecular complexity index is 501. The molecule has 0 radical (unpaired) electrons. The van der Waals surface area contributed by atoms with Gasteiger partial charge in [0.2, 0.25) is 0 Å². The fourth-order valence-corrected chi connectivity index (χ4v) is 1.90. The number of likely N-dealkylation sites (N-methyl/N-ethyl adjacent to an activating group) is 1. The van der Waals surface area contributed by atoms with Gasteiger partial charge in [-0.15, -0.1) is 0 Å². The normalized spacial score (nSPS) is 17.9. The molecule has 1 aromatic rings. The van der Waals surface area contributed by atoms with E-state index in [-0.39, 0.29) is 41.0 Å². The molecule has 0 aliphatic carbocycles. The number of ether oxygens (including phenoxy) is 1. The molecule has 0 aromatic heterocycles. The SMILES string of the molecule is COC(=O)C1=C(O)c2ccccc2C(O)N1C.[NaH].